The summed E-state index contributed by atoms with van der Waals surface area (Å²) < 4.78 is 25.5. The minimum absolute atomic E-state index is 0.0416. The van der Waals surface area contributed by atoms with Gasteiger partial charge in [-0.3, -0.25) is 14.5 Å². The van der Waals surface area contributed by atoms with Gasteiger partial charge in [-0.2, -0.15) is 0 Å². The Morgan fingerprint density at radius 3 is 2.57 bits per heavy atom. The zero-order valence-corrected chi connectivity index (χ0v) is 18.4. The lowest BCUT2D eigenvalue weighted by Gasteiger charge is -2.30. The van der Waals surface area contributed by atoms with E-state index >= 15 is 0 Å². The molecule has 10 heteroatoms. The van der Waals surface area contributed by atoms with Crippen LogP contribution in [0.5, 0.6) is 0 Å². The predicted molar refractivity (Wildman–Crippen MR) is 113 cm³/mol. The molecule has 2 fully saturated rings. The van der Waals surface area contributed by atoms with Gasteiger partial charge in [0.2, 0.25) is 0 Å². The molecule has 2 aromatic rings. The lowest BCUT2D eigenvalue weighted by molar-refractivity contribution is -0.131. The van der Waals surface area contributed by atoms with Gasteiger partial charge in [0.05, 0.1) is 24.6 Å². The molecule has 30 heavy (non-hydrogen) atoms. The maximum absolute atomic E-state index is 13.0. The fourth-order valence-electron chi connectivity index (χ4n) is 4.16. The molecule has 1 N–H and O–H groups in total. The number of carbonyl (C=O) groups is 3. The van der Waals surface area contributed by atoms with Crippen molar-refractivity contribution >= 4 is 38.9 Å². The van der Waals surface area contributed by atoms with Gasteiger partial charge in [-0.1, -0.05) is 6.07 Å². The quantitative estimate of drug-likeness (QED) is 0.554. The van der Waals surface area contributed by atoms with Crippen LogP contribution in [0.1, 0.15) is 39.5 Å². The van der Waals surface area contributed by atoms with Crippen LogP contribution in [0.2, 0.25) is 0 Å². The van der Waals surface area contributed by atoms with E-state index in [1.165, 1.54) is 4.88 Å². The Kier molecular flexibility index (Phi) is 5.09. The van der Waals surface area contributed by atoms with Crippen molar-refractivity contribution in [1.29, 1.82) is 0 Å². The molecule has 0 radical (unpaired) electrons. The Morgan fingerprint density at radius 1 is 1.23 bits per heavy atom. The first-order chi connectivity index (χ1) is 14.1. The van der Waals surface area contributed by atoms with Crippen LogP contribution in [-0.4, -0.2) is 59.2 Å². The number of amides is 3. The van der Waals surface area contributed by atoms with Crippen molar-refractivity contribution in [2.75, 3.05) is 18.1 Å². The summed E-state index contributed by atoms with van der Waals surface area (Å²) in [5, 5.41) is 4.64. The van der Waals surface area contributed by atoms with Crippen LogP contribution in [0.25, 0.3) is 0 Å². The van der Waals surface area contributed by atoms with E-state index in [2.05, 4.69) is 5.32 Å². The molecule has 8 nitrogen and oxygen atoms in total. The number of imide groups is 1. The van der Waals surface area contributed by atoms with Gasteiger partial charge in [-0.25, -0.2) is 13.2 Å². The van der Waals surface area contributed by atoms with Crippen molar-refractivity contribution in [2.24, 2.45) is 0 Å². The van der Waals surface area contributed by atoms with Gasteiger partial charge >= 0.3 is 6.03 Å². The molecule has 2 saturated heterocycles. The highest BCUT2D eigenvalue weighted by Crippen LogP contribution is 2.31. The van der Waals surface area contributed by atoms with E-state index in [4.69, 9.17) is 0 Å². The van der Waals surface area contributed by atoms with E-state index in [0.717, 1.165) is 16.3 Å². The number of urea groups is 1. The van der Waals surface area contributed by atoms with Gasteiger partial charge in [0, 0.05) is 21.8 Å². The number of aryl methyl sites for hydroxylation is 1. The minimum Gasteiger partial charge on any atom is -0.343 e. The zero-order chi connectivity index (χ0) is 21.7. The maximum Gasteiger partial charge on any atom is 0.325 e. The first kappa shape index (κ1) is 20.8. The molecule has 0 aliphatic carbocycles. The number of rotatable bonds is 5. The number of nitrogens with one attached hydrogen (secondary N) is 1. The first-order valence-electron chi connectivity index (χ1n) is 9.69. The van der Waals surface area contributed by atoms with Crippen molar-refractivity contribution in [1.82, 2.24) is 14.8 Å². The zero-order valence-electron chi connectivity index (χ0n) is 16.8. The van der Waals surface area contributed by atoms with Gasteiger partial charge in [-0.05, 0) is 44.2 Å². The molecule has 0 aromatic carbocycles. The molecule has 2 aromatic heterocycles. The van der Waals surface area contributed by atoms with E-state index in [1.54, 1.807) is 17.4 Å². The third-order valence-corrected chi connectivity index (χ3v) is 8.51. The Balaban J connectivity index is 1.52. The van der Waals surface area contributed by atoms with Crippen LogP contribution in [-0.2, 0) is 21.2 Å². The summed E-state index contributed by atoms with van der Waals surface area (Å²) in [5.74, 6) is -1.12. The molecule has 3 amide bonds. The van der Waals surface area contributed by atoms with E-state index in [9.17, 15) is 22.8 Å². The molecule has 4 rings (SSSR count). The number of hydrogen-bond donors (Lipinski definition) is 1. The third-order valence-electron chi connectivity index (χ3n) is 6.00. The molecule has 4 heterocycles. The Labute approximate surface area is 178 Å². The summed E-state index contributed by atoms with van der Waals surface area (Å²) in [7, 11) is -3.19. The second-order valence-electron chi connectivity index (χ2n) is 7.93. The summed E-state index contributed by atoms with van der Waals surface area (Å²) >= 11 is 1.64. The Hall–Kier alpha value is -2.46. The highest BCUT2D eigenvalue weighted by atomic mass is 32.2. The van der Waals surface area contributed by atoms with Crippen molar-refractivity contribution in [3.8, 4) is 0 Å². The predicted octanol–water partition coefficient (Wildman–Crippen LogP) is 1.90. The molecule has 0 atom stereocenters. The largest absolute Gasteiger partial charge is 0.343 e. The van der Waals surface area contributed by atoms with Gasteiger partial charge < -0.3 is 9.88 Å². The SMILES string of the molecule is Cc1cc(C(=O)CN2C(=O)NC3(CCS(=O)(=O)CC3)C2=O)c(C)n1Cc1cccs1. The molecule has 0 bridgehead atoms. The molecule has 160 valence electrons. The average Bonchev–Trinajstić information content (AvgIpc) is 3.36. The smallest absolute Gasteiger partial charge is 0.325 e. The van der Waals surface area contributed by atoms with E-state index in [-0.39, 0.29) is 36.7 Å². The lowest BCUT2D eigenvalue weighted by atomic mass is 9.92. The van der Waals surface area contributed by atoms with Gasteiger partial charge in [0.1, 0.15) is 5.54 Å². The van der Waals surface area contributed by atoms with Gasteiger partial charge in [0.15, 0.2) is 15.6 Å². The van der Waals surface area contributed by atoms with Crippen LogP contribution in [0.15, 0.2) is 23.6 Å². The lowest BCUT2D eigenvalue weighted by Crippen LogP contribution is -2.52. The second kappa shape index (κ2) is 7.35. The molecule has 0 unspecified atom stereocenters. The number of Topliss-reactive ketones (excluding diaryl/α,β-unsaturated/α-hetero) is 1. The van der Waals surface area contributed by atoms with E-state index < -0.39 is 27.3 Å². The Morgan fingerprint density at radius 2 is 1.93 bits per heavy atom. The molecule has 1 spiro atoms. The monoisotopic (exact) mass is 449 g/mol. The number of sulfone groups is 1. The minimum atomic E-state index is -3.19. The van der Waals surface area contributed by atoms with Crippen LogP contribution in [0.4, 0.5) is 4.79 Å². The van der Waals surface area contributed by atoms with E-state index in [0.29, 0.717) is 12.1 Å². The van der Waals surface area contributed by atoms with Crippen LogP contribution >= 0.6 is 11.3 Å². The molecular weight excluding hydrogens is 426 g/mol. The van der Waals surface area contributed by atoms with Crippen molar-refractivity contribution in [3.05, 3.63) is 45.4 Å². The number of nitrogens with zero attached hydrogens (tertiary/aromatic N) is 2. The second-order valence-corrected chi connectivity index (χ2v) is 11.3. The fraction of sp³-hybridized carbons (Fsp3) is 0.450. The fourth-order valence-corrected chi connectivity index (χ4v) is 6.37. The van der Waals surface area contributed by atoms with Crippen LogP contribution < -0.4 is 5.32 Å². The standard InChI is InChI=1S/C20H23N3O5S2/c1-13-10-16(14(2)22(13)11-15-4-3-7-29-15)17(24)12-23-18(25)20(21-19(23)26)5-8-30(27,28)9-6-20/h3-4,7,10H,5-6,8-9,11-12H2,1-2H3,(H,21,26). The van der Waals surface area contributed by atoms with Crippen LogP contribution in [0, 0.1) is 13.8 Å². The van der Waals surface area contributed by atoms with Gasteiger partial charge in [0.25, 0.3) is 5.91 Å². The molecule has 2 aliphatic rings. The van der Waals surface area contributed by atoms with E-state index in [1.807, 2.05) is 35.9 Å². The molecule has 0 saturated carbocycles. The summed E-state index contributed by atoms with van der Waals surface area (Å²) in [5.41, 5.74) is 0.988. The third kappa shape index (κ3) is 3.58. The normalized spacial score (nSPS) is 20.0. The van der Waals surface area contributed by atoms with Crippen molar-refractivity contribution < 1.29 is 22.8 Å². The number of aromatic nitrogens is 1. The van der Waals surface area contributed by atoms with Crippen molar-refractivity contribution in [3.63, 3.8) is 0 Å². The van der Waals surface area contributed by atoms with Crippen LogP contribution in [0.3, 0.4) is 0 Å². The highest BCUT2D eigenvalue weighted by molar-refractivity contribution is 7.91. The first-order valence-corrected chi connectivity index (χ1v) is 12.4. The summed E-state index contributed by atoms with van der Waals surface area (Å²) in [6.07, 6.45) is 0.0832. The summed E-state index contributed by atoms with van der Waals surface area (Å²) in [6.45, 7) is 4.07. The number of thiophene rings is 1. The Bertz CT molecular complexity index is 1120. The molecule has 2 aliphatic heterocycles. The highest BCUT2D eigenvalue weighted by Gasteiger charge is 2.53. The number of carbonyl (C=O) groups excluding carboxylic acids is 3. The van der Waals surface area contributed by atoms with Crippen molar-refractivity contribution in [2.45, 2.75) is 38.8 Å². The number of hydrogen-bond acceptors (Lipinski definition) is 6. The maximum atomic E-state index is 13.0. The molecular formula is C20H23N3O5S2. The topological polar surface area (TPSA) is 106 Å². The average molecular weight is 450 g/mol. The summed E-state index contributed by atoms with van der Waals surface area (Å²) in [4.78, 5) is 40.4. The van der Waals surface area contributed by atoms with Gasteiger partial charge in [-0.15, -0.1) is 11.3 Å². The summed E-state index contributed by atoms with van der Waals surface area (Å²) in [6, 6.07) is 5.15. The number of ketones is 1.